The van der Waals surface area contributed by atoms with Gasteiger partial charge in [-0.3, -0.25) is 0 Å². The zero-order valence-corrected chi connectivity index (χ0v) is 11.0. The molecule has 92 valence electrons. The molecule has 0 saturated heterocycles. The van der Waals surface area contributed by atoms with E-state index in [0.717, 1.165) is 35.1 Å². The van der Waals surface area contributed by atoms with E-state index in [4.69, 9.17) is 5.26 Å². The molecule has 0 spiro atoms. The molecular formula is C13H14N4S. The van der Waals surface area contributed by atoms with Gasteiger partial charge in [-0.1, -0.05) is 30.4 Å². The summed E-state index contributed by atoms with van der Waals surface area (Å²) in [4.78, 5) is 0. The Labute approximate surface area is 110 Å². The van der Waals surface area contributed by atoms with E-state index in [0.29, 0.717) is 5.56 Å². The Morgan fingerprint density at radius 1 is 1.28 bits per heavy atom. The SMILES string of the molecule is CCCNCc1nnc(-c2ccc(C#N)cc2)s1. The highest BCUT2D eigenvalue weighted by molar-refractivity contribution is 7.14. The van der Waals surface area contributed by atoms with Gasteiger partial charge in [-0.25, -0.2) is 0 Å². The summed E-state index contributed by atoms with van der Waals surface area (Å²) < 4.78 is 0. The second-order valence-corrected chi connectivity index (χ2v) is 4.93. The van der Waals surface area contributed by atoms with Gasteiger partial charge in [-0.05, 0) is 25.1 Å². The average Bonchev–Trinajstić information content (AvgIpc) is 2.88. The molecule has 0 unspecified atom stereocenters. The van der Waals surface area contributed by atoms with E-state index in [9.17, 15) is 0 Å². The first-order chi connectivity index (χ1) is 8.83. The van der Waals surface area contributed by atoms with Gasteiger partial charge in [0.1, 0.15) is 10.0 Å². The molecule has 0 aliphatic carbocycles. The van der Waals surface area contributed by atoms with Gasteiger partial charge in [-0.2, -0.15) is 5.26 Å². The van der Waals surface area contributed by atoms with Gasteiger partial charge in [0.05, 0.1) is 11.6 Å². The van der Waals surface area contributed by atoms with Gasteiger partial charge in [0.2, 0.25) is 0 Å². The van der Waals surface area contributed by atoms with E-state index in [2.05, 4.69) is 28.5 Å². The van der Waals surface area contributed by atoms with Crippen molar-refractivity contribution in [2.45, 2.75) is 19.9 Å². The highest BCUT2D eigenvalue weighted by atomic mass is 32.1. The van der Waals surface area contributed by atoms with Crippen molar-refractivity contribution in [2.75, 3.05) is 6.54 Å². The largest absolute Gasteiger partial charge is 0.310 e. The lowest BCUT2D eigenvalue weighted by Gasteiger charge is -1.97. The number of aromatic nitrogens is 2. The van der Waals surface area contributed by atoms with E-state index in [1.165, 1.54) is 0 Å². The second kappa shape index (κ2) is 6.24. The summed E-state index contributed by atoms with van der Waals surface area (Å²) >= 11 is 1.58. The van der Waals surface area contributed by atoms with Crippen molar-refractivity contribution in [3.63, 3.8) is 0 Å². The zero-order valence-electron chi connectivity index (χ0n) is 10.2. The number of hydrogen-bond donors (Lipinski definition) is 1. The maximum absolute atomic E-state index is 8.74. The Kier molecular flexibility index (Phi) is 4.40. The van der Waals surface area contributed by atoms with Crippen LogP contribution in [0.15, 0.2) is 24.3 Å². The van der Waals surface area contributed by atoms with E-state index >= 15 is 0 Å². The van der Waals surface area contributed by atoms with Crippen molar-refractivity contribution in [3.05, 3.63) is 34.8 Å². The van der Waals surface area contributed by atoms with Crippen LogP contribution in [0.25, 0.3) is 10.6 Å². The predicted octanol–water partition coefficient (Wildman–Crippen LogP) is 2.58. The molecule has 1 heterocycles. The van der Waals surface area contributed by atoms with E-state index in [-0.39, 0.29) is 0 Å². The number of hydrogen-bond acceptors (Lipinski definition) is 5. The number of nitrogens with one attached hydrogen (secondary N) is 1. The maximum Gasteiger partial charge on any atom is 0.147 e. The van der Waals surface area contributed by atoms with Crippen molar-refractivity contribution < 1.29 is 0 Å². The summed E-state index contributed by atoms with van der Waals surface area (Å²) in [6.45, 7) is 3.89. The van der Waals surface area contributed by atoms with Gasteiger partial charge in [0, 0.05) is 12.1 Å². The van der Waals surface area contributed by atoms with Gasteiger partial charge < -0.3 is 5.32 Å². The Balaban J connectivity index is 2.06. The predicted molar refractivity (Wildman–Crippen MR) is 72.1 cm³/mol. The molecule has 4 nitrogen and oxygen atoms in total. The molecule has 0 aliphatic heterocycles. The standard InChI is InChI=1S/C13H14N4S/c1-2-7-15-9-12-16-17-13(18-12)11-5-3-10(8-14)4-6-11/h3-6,15H,2,7,9H2,1H3. The Morgan fingerprint density at radius 2 is 2.06 bits per heavy atom. The monoisotopic (exact) mass is 258 g/mol. The fourth-order valence-corrected chi connectivity index (χ4v) is 2.32. The van der Waals surface area contributed by atoms with Crippen LogP contribution < -0.4 is 5.32 Å². The molecule has 1 aromatic heterocycles. The lowest BCUT2D eigenvalue weighted by molar-refractivity contribution is 0.668. The highest BCUT2D eigenvalue weighted by Crippen LogP contribution is 2.23. The third-order valence-electron chi connectivity index (χ3n) is 2.43. The summed E-state index contributed by atoms with van der Waals surface area (Å²) in [5, 5.41) is 22.2. The Bertz CT molecular complexity index is 539. The van der Waals surface area contributed by atoms with Crippen LogP contribution in [0.2, 0.25) is 0 Å². The van der Waals surface area contributed by atoms with Gasteiger partial charge in [0.25, 0.3) is 0 Å². The molecule has 5 heteroatoms. The molecule has 0 aliphatic rings. The minimum atomic E-state index is 0.660. The Hall–Kier alpha value is -1.77. The minimum absolute atomic E-state index is 0.660. The normalized spacial score (nSPS) is 10.2. The smallest absolute Gasteiger partial charge is 0.147 e. The summed E-state index contributed by atoms with van der Waals surface area (Å²) in [6, 6.07) is 9.51. The van der Waals surface area contributed by atoms with Crippen LogP contribution in [0, 0.1) is 11.3 Å². The number of nitrogens with zero attached hydrogens (tertiary/aromatic N) is 3. The minimum Gasteiger partial charge on any atom is -0.310 e. The number of nitriles is 1. The van der Waals surface area contributed by atoms with Crippen molar-refractivity contribution in [2.24, 2.45) is 0 Å². The quantitative estimate of drug-likeness (QED) is 0.837. The highest BCUT2D eigenvalue weighted by Gasteiger charge is 2.06. The number of benzene rings is 1. The van der Waals surface area contributed by atoms with Crippen molar-refractivity contribution in [1.29, 1.82) is 5.26 Å². The van der Waals surface area contributed by atoms with Gasteiger partial charge in [0.15, 0.2) is 0 Å². The first kappa shape index (κ1) is 12.7. The first-order valence-electron chi connectivity index (χ1n) is 5.87. The van der Waals surface area contributed by atoms with Crippen molar-refractivity contribution in [3.8, 4) is 16.6 Å². The van der Waals surface area contributed by atoms with Crippen LogP contribution in [-0.4, -0.2) is 16.7 Å². The second-order valence-electron chi connectivity index (χ2n) is 3.87. The fraction of sp³-hybridized carbons (Fsp3) is 0.308. The van der Waals surface area contributed by atoms with Crippen molar-refractivity contribution >= 4 is 11.3 Å². The molecule has 2 aromatic rings. The summed E-state index contributed by atoms with van der Waals surface area (Å²) in [6.07, 6.45) is 1.11. The van der Waals surface area contributed by atoms with E-state index in [1.807, 2.05) is 12.1 Å². The van der Waals surface area contributed by atoms with Crippen LogP contribution >= 0.6 is 11.3 Å². The molecular weight excluding hydrogens is 244 g/mol. The summed E-state index contributed by atoms with van der Waals surface area (Å²) in [5.74, 6) is 0. The molecule has 18 heavy (non-hydrogen) atoms. The summed E-state index contributed by atoms with van der Waals surface area (Å²) in [5.41, 5.74) is 1.67. The molecule has 2 rings (SSSR count). The first-order valence-corrected chi connectivity index (χ1v) is 6.68. The van der Waals surface area contributed by atoms with Crippen molar-refractivity contribution in [1.82, 2.24) is 15.5 Å². The lowest BCUT2D eigenvalue weighted by atomic mass is 10.2. The molecule has 0 fully saturated rings. The van der Waals surface area contributed by atoms with Gasteiger partial charge >= 0.3 is 0 Å². The molecule has 0 amide bonds. The van der Waals surface area contributed by atoms with Crippen LogP contribution in [0.5, 0.6) is 0 Å². The lowest BCUT2D eigenvalue weighted by Crippen LogP contribution is -2.13. The van der Waals surface area contributed by atoms with E-state index < -0.39 is 0 Å². The third-order valence-corrected chi connectivity index (χ3v) is 3.40. The molecule has 1 aromatic carbocycles. The average molecular weight is 258 g/mol. The molecule has 0 saturated carbocycles. The molecule has 0 bridgehead atoms. The Morgan fingerprint density at radius 3 is 2.72 bits per heavy atom. The summed E-state index contributed by atoms with van der Waals surface area (Å²) in [7, 11) is 0. The molecule has 1 N–H and O–H groups in total. The maximum atomic E-state index is 8.74. The van der Waals surface area contributed by atoms with Crippen LogP contribution in [0.3, 0.4) is 0 Å². The topological polar surface area (TPSA) is 61.6 Å². The molecule has 0 atom stereocenters. The van der Waals surface area contributed by atoms with E-state index in [1.54, 1.807) is 23.5 Å². The van der Waals surface area contributed by atoms with Gasteiger partial charge in [-0.15, -0.1) is 10.2 Å². The number of rotatable bonds is 5. The zero-order chi connectivity index (χ0) is 12.8. The van der Waals surface area contributed by atoms with Crippen LogP contribution in [-0.2, 0) is 6.54 Å². The molecule has 0 radical (unpaired) electrons. The third kappa shape index (κ3) is 3.13. The van der Waals surface area contributed by atoms with Crippen LogP contribution in [0.4, 0.5) is 0 Å². The fourth-order valence-electron chi connectivity index (χ4n) is 1.50. The van der Waals surface area contributed by atoms with Crippen LogP contribution in [0.1, 0.15) is 23.9 Å².